The van der Waals surface area contributed by atoms with E-state index in [4.69, 9.17) is 0 Å². The maximum Gasteiger partial charge on any atom is 0.0713 e. The molecule has 0 unspecified atom stereocenters. The minimum absolute atomic E-state index is 0.0556. The first-order chi connectivity index (χ1) is 27.3. The Hall–Kier alpha value is -6.44. The lowest BCUT2D eigenvalue weighted by molar-refractivity contribution is 0.660. The van der Waals surface area contributed by atoms with Crippen LogP contribution in [0.1, 0.15) is 72.2 Å². The molecule has 0 aliphatic heterocycles. The van der Waals surface area contributed by atoms with Crippen molar-refractivity contribution >= 4 is 17.1 Å². The molecule has 11 rings (SSSR count). The van der Waals surface area contributed by atoms with Gasteiger partial charge in [0.15, 0.2) is 0 Å². The molecule has 0 bridgehead atoms. The number of nitrogens with zero attached hydrogens (tertiary/aromatic N) is 1. The van der Waals surface area contributed by atoms with E-state index in [1.54, 1.807) is 0 Å². The Bertz CT molecular complexity index is 2810. The van der Waals surface area contributed by atoms with Crippen LogP contribution in [-0.2, 0) is 16.2 Å². The van der Waals surface area contributed by atoms with Crippen molar-refractivity contribution in [2.75, 3.05) is 4.90 Å². The maximum absolute atomic E-state index is 2.48. The van der Waals surface area contributed by atoms with Crippen LogP contribution in [0.5, 0.6) is 0 Å². The fourth-order valence-electron chi connectivity index (χ4n) is 10.7. The molecule has 0 spiro atoms. The van der Waals surface area contributed by atoms with Gasteiger partial charge in [0.25, 0.3) is 0 Å². The van der Waals surface area contributed by atoms with E-state index in [2.05, 4.69) is 221 Å². The van der Waals surface area contributed by atoms with Crippen LogP contribution in [0.25, 0.3) is 33.4 Å². The second kappa shape index (κ2) is 11.8. The summed E-state index contributed by atoms with van der Waals surface area (Å²) in [5.41, 5.74) is 21.5. The van der Waals surface area contributed by atoms with Crippen molar-refractivity contribution in [2.24, 2.45) is 0 Å². The van der Waals surface area contributed by atoms with Crippen LogP contribution >= 0.6 is 0 Å². The van der Waals surface area contributed by atoms with Crippen LogP contribution in [0.4, 0.5) is 17.1 Å². The number of rotatable bonds is 5. The van der Waals surface area contributed by atoms with E-state index in [0.29, 0.717) is 0 Å². The minimum Gasteiger partial charge on any atom is -0.310 e. The minimum atomic E-state index is -0.440. The zero-order valence-corrected chi connectivity index (χ0v) is 32.3. The molecule has 0 heterocycles. The SMILES string of the molecule is CC1(C)c2ccccc2-c2cc(N(c3ccc(C4(c5ccccc5)c5ccccc5-c5ccccc54)cc3)c3ccc4c(c3)C(C)(C)c3ccccc3-4)ccc21. The molecule has 8 aromatic carbocycles. The molecule has 0 aromatic heterocycles. The van der Waals surface area contributed by atoms with Crippen LogP contribution in [0, 0.1) is 0 Å². The summed E-state index contributed by atoms with van der Waals surface area (Å²) in [7, 11) is 0. The van der Waals surface area contributed by atoms with Crippen molar-refractivity contribution in [3.8, 4) is 33.4 Å². The third-order valence-electron chi connectivity index (χ3n) is 13.4. The number of hydrogen-bond acceptors (Lipinski definition) is 1. The average Bonchev–Trinajstić information content (AvgIpc) is 3.76. The van der Waals surface area contributed by atoms with Crippen molar-refractivity contribution in [1.82, 2.24) is 0 Å². The summed E-state index contributed by atoms with van der Waals surface area (Å²) in [6, 6.07) is 70.6. The van der Waals surface area contributed by atoms with Gasteiger partial charge in [0.2, 0.25) is 0 Å². The molecule has 56 heavy (non-hydrogen) atoms. The van der Waals surface area contributed by atoms with E-state index in [1.165, 1.54) is 77.9 Å². The quantitative estimate of drug-likeness (QED) is 0.171. The van der Waals surface area contributed by atoms with E-state index in [0.717, 1.165) is 17.1 Å². The number of benzene rings is 8. The van der Waals surface area contributed by atoms with Gasteiger partial charge >= 0.3 is 0 Å². The van der Waals surface area contributed by atoms with Gasteiger partial charge in [-0.15, -0.1) is 0 Å². The highest BCUT2D eigenvalue weighted by Gasteiger charge is 2.46. The standard InChI is InChI=1S/C55H43N/c1-53(2)48-23-13-9-21-44(48)46-34-39(31-33-49(46)53)56(40-30-32-45-41-18-8-12-22-47(41)54(3,4)52(45)35-40)38-28-26-37(27-29-38)55(36-16-6-5-7-17-36)50-24-14-10-19-42(50)43-20-11-15-25-51(43)55/h5-35H,1-4H3. The predicted molar refractivity (Wildman–Crippen MR) is 234 cm³/mol. The molecule has 1 nitrogen and oxygen atoms in total. The lowest BCUT2D eigenvalue weighted by Gasteiger charge is -2.34. The zero-order valence-electron chi connectivity index (χ0n) is 32.3. The Balaban J connectivity index is 1.12. The summed E-state index contributed by atoms with van der Waals surface area (Å²) in [4.78, 5) is 2.48. The molecule has 0 saturated carbocycles. The molecular formula is C55H43N. The van der Waals surface area contributed by atoms with Crippen LogP contribution in [-0.4, -0.2) is 0 Å². The molecule has 0 atom stereocenters. The van der Waals surface area contributed by atoms with Gasteiger partial charge in [0.05, 0.1) is 5.41 Å². The van der Waals surface area contributed by atoms with Crippen molar-refractivity contribution in [3.05, 3.63) is 233 Å². The smallest absolute Gasteiger partial charge is 0.0713 e. The molecule has 3 aliphatic rings. The van der Waals surface area contributed by atoms with E-state index in [9.17, 15) is 0 Å². The van der Waals surface area contributed by atoms with Crippen molar-refractivity contribution < 1.29 is 0 Å². The largest absolute Gasteiger partial charge is 0.310 e. The second-order valence-corrected chi connectivity index (χ2v) is 16.9. The zero-order chi connectivity index (χ0) is 37.8. The molecule has 1 heteroatoms. The highest BCUT2D eigenvalue weighted by molar-refractivity contribution is 5.90. The van der Waals surface area contributed by atoms with Gasteiger partial charge in [-0.3, -0.25) is 0 Å². The highest BCUT2D eigenvalue weighted by atomic mass is 15.1. The summed E-state index contributed by atoms with van der Waals surface area (Å²) in [5.74, 6) is 0. The molecule has 0 N–H and O–H groups in total. The summed E-state index contributed by atoms with van der Waals surface area (Å²) in [5, 5.41) is 0. The highest BCUT2D eigenvalue weighted by Crippen LogP contribution is 2.57. The van der Waals surface area contributed by atoms with Gasteiger partial charge in [-0.05, 0) is 114 Å². The summed E-state index contributed by atoms with van der Waals surface area (Å²) in [6.45, 7) is 9.45. The van der Waals surface area contributed by atoms with Gasteiger partial charge < -0.3 is 4.90 Å². The second-order valence-electron chi connectivity index (χ2n) is 16.9. The maximum atomic E-state index is 2.48. The van der Waals surface area contributed by atoms with Crippen molar-refractivity contribution in [2.45, 2.75) is 43.9 Å². The van der Waals surface area contributed by atoms with Crippen molar-refractivity contribution in [3.63, 3.8) is 0 Å². The molecule has 8 aromatic rings. The Morgan fingerprint density at radius 3 is 1.29 bits per heavy atom. The third-order valence-corrected chi connectivity index (χ3v) is 13.4. The molecular weight excluding hydrogens is 675 g/mol. The number of fused-ring (bicyclic) bond motifs is 9. The molecule has 0 amide bonds. The lowest BCUT2D eigenvalue weighted by atomic mass is 9.68. The van der Waals surface area contributed by atoms with E-state index in [1.807, 2.05) is 0 Å². The van der Waals surface area contributed by atoms with Crippen LogP contribution in [0.15, 0.2) is 188 Å². The monoisotopic (exact) mass is 717 g/mol. The first kappa shape index (κ1) is 32.9. The molecule has 3 aliphatic carbocycles. The molecule has 268 valence electrons. The predicted octanol–water partition coefficient (Wildman–Crippen LogP) is 14.1. The van der Waals surface area contributed by atoms with E-state index in [-0.39, 0.29) is 10.8 Å². The Morgan fingerprint density at radius 2 is 0.679 bits per heavy atom. The molecule has 0 fully saturated rings. The third kappa shape index (κ3) is 4.37. The number of anilines is 3. The Morgan fingerprint density at radius 1 is 0.286 bits per heavy atom. The van der Waals surface area contributed by atoms with Gasteiger partial charge in [-0.25, -0.2) is 0 Å². The summed E-state index contributed by atoms with van der Waals surface area (Å²) >= 11 is 0. The van der Waals surface area contributed by atoms with E-state index < -0.39 is 5.41 Å². The van der Waals surface area contributed by atoms with Crippen LogP contribution < -0.4 is 4.90 Å². The van der Waals surface area contributed by atoms with Gasteiger partial charge in [-0.1, -0.05) is 179 Å². The fraction of sp³-hybridized carbons (Fsp3) is 0.127. The normalized spacial score (nSPS) is 15.6. The van der Waals surface area contributed by atoms with Crippen molar-refractivity contribution in [1.29, 1.82) is 0 Å². The first-order valence-corrected chi connectivity index (χ1v) is 19.9. The number of hydrogen-bond donors (Lipinski definition) is 0. The fourth-order valence-corrected chi connectivity index (χ4v) is 10.7. The first-order valence-electron chi connectivity index (χ1n) is 19.9. The van der Waals surface area contributed by atoms with Gasteiger partial charge in [-0.2, -0.15) is 0 Å². The van der Waals surface area contributed by atoms with Gasteiger partial charge in [0, 0.05) is 27.9 Å². The lowest BCUT2D eigenvalue weighted by Crippen LogP contribution is -2.28. The molecule has 0 saturated heterocycles. The summed E-state index contributed by atoms with van der Waals surface area (Å²) in [6.07, 6.45) is 0. The Kier molecular flexibility index (Phi) is 6.93. The van der Waals surface area contributed by atoms with Crippen LogP contribution in [0.3, 0.4) is 0 Å². The average molecular weight is 718 g/mol. The molecule has 0 radical (unpaired) electrons. The van der Waals surface area contributed by atoms with Gasteiger partial charge in [0.1, 0.15) is 0 Å². The van der Waals surface area contributed by atoms with Crippen LogP contribution in [0.2, 0.25) is 0 Å². The topological polar surface area (TPSA) is 3.24 Å². The Labute approximate surface area is 330 Å². The summed E-state index contributed by atoms with van der Waals surface area (Å²) < 4.78 is 0. The van der Waals surface area contributed by atoms with E-state index >= 15 is 0 Å².